The average molecular weight is 249 g/mol. The van der Waals surface area contributed by atoms with Crippen molar-refractivity contribution in [3.63, 3.8) is 0 Å². The largest absolute Gasteiger partial charge is 0.393 e. The van der Waals surface area contributed by atoms with Crippen molar-refractivity contribution in [3.05, 3.63) is 29.6 Å². The van der Waals surface area contributed by atoms with E-state index in [2.05, 4.69) is 4.98 Å². The topological polar surface area (TPSA) is 79.5 Å². The Labute approximate surface area is 107 Å². The fourth-order valence-electron chi connectivity index (χ4n) is 2.15. The van der Waals surface area contributed by atoms with E-state index in [9.17, 15) is 9.90 Å². The highest BCUT2D eigenvalue weighted by Crippen LogP contribution is 2.18. The highest BCUT2D eigenvalue weighted by atomic mass is 16.3. The van der Waals surface area contributed by atoms with Crippen LogP contribution in [0.2, 0.25) is 0 Å². The average Bonchev–Trinajstić information content (AvgIpc) is 2.41. The number of nitrogens with zero attached hydrogens (tertiary/aromatic N) is 2. The summed E-state index contributed by atoms with van der Waals surface area (Å²) in [5.41, 5.74) is 6.84. The molecule has 1 fully saturated rings. The number of carbonyl (C=O) groups is 1. The van der Waals surface area contributed by atoms with Crippen LogP contribution in [0.1, 0.15) is 29.4 Å². The van der Waals surface area contributed by atoms with Crippen molar-refractivity contribution >= 4 is 5.91 Å². The molecular weight excluding hydrogens is 230 g/mol. The lowest BCUT2D eigenvalue weighted by Crippen LogP contribution is -2.45. The summed E-state index contributed by atoms with van der Waals surface area (Å²) in [4.78, 5) is 18.1. The van der Waals surface area contributed by atoms with Crippen molar-refractivity contribution in [3.8, 4) is 0 Å². The molecule has 0 aromatic carbocycles. The van der Waals surface area contributed by atoms with Crippen molar-refractivity contribution in [2.75, 3.05) is 13.1 Å². The van der Waals surface area contributed by atoms with E-state index >= 15 is 0 Å². The maximum absolute atomic E-state index is 12.2. The molecule has 0 saturated carbocycles. The molecule has 2 rings (SSSR count). The number of aliphatic hydroxyl groups is 1. The Kier molecular flexibility index (Phi) is 3.93. The minimum Gasteiger partial charge on any atom is -0.393 e. The number of piperidine rings is 1. The molecule has 1 saturated heterocycles. The van der Waals surface area contributed by atoms with Crippen LogP contribution in [0.3, 0.4) is 0 Å². The van der Waals surface area contributed by atoms with Crippen molar-refractivity contribution in [2.24, 2.45) is 11.7 Å². The number of pyridine rings is 1. The van der Waals surface area contributed by atoms with Crippen molar-refractivity contribution in [2.45, 2.75) is 26.0 Å². The zero-order chi connectivity index (χ0) is 13.1. The Balaban J connectivity index is 2.06. The zero-order valence-electron chi connectivity index (χ0n) is 10.5. The summed E-state index contributed by atoms with van der Waals surface area (Å²) in [7, 11) is 0. The van der Waals surface area contributed by atoms with Crippen LogP contribution in [0.15, 0.2) is 18.3 Å². The van der Waals surface area contributed by atoms with Gasteiger partial charge in [0.05, 0.1) is 6.10 Å². The first-order valence-corrected chi connectivity index (χ1v) is 6.24. The van der Waals surface area contributed by atoms with E-state index in [1.54, 1.807) is 17.2 Å². The Morgan fingerprint density at radius 3 is 2.94 bits per heavy atom. The van der Waals surface area contributed by atoms with Crippen molar-refractivity contribution in [1.29, 1.82) is 0 Å². The highest BCUT2D eigenvalue weighted by Gasteiger charge is 2.28. The monoisotopic (exact) mass is 249 g/mol. The standard InChI is InChI=1S/C13H19N3O2/c1-9-8-16(5-4-12(9)17)13(18)11-3-2-10(6-14)7-15-11/h2-3,7,9,12,17H,4-6,8,14H2,1H3. The molecule has 2 unspecified atom stereocenters. The normalized spacial score (nSPS) is 24.1. The van der Waals surface area contributed by atoms with E-state index in [0.717, 1.165) is 5.56 Å². The Hall–Kier alpha value is -1.46. The minimum atomic E-state index is -0.304. The zero-order valence-corrected chi connectivity index (χ0v) is 10.5. The molecule has 1 aliphatic heterocycles. The quantitative estimate of drug-likeness (QED) is 0.794. The maximum atomic E-state index is 12.2. The van der Waals surface area contributed by atoms with Gasteiger partial charge in [0, 0.05) is 25.8 Å². The van der Waals surface area contributed by atoms with Crippen LogP contribution < -0.4 is 5.73 Å². The number of nitrogens with two attached hydrogens (primary N) is 1. The number of likely N-dealkylation sites (tertiary alicyclic amines) is 1. The Morgan fingerprint density at radius 1 is 1.61 bits per heavy atom. The summed E-state index contributed by atoms with van der Waals surface area (Å²) >= 11 is 0. The maximum Gasteiger partial charge on any atom is 0.272 e. The van der Waals surface area contributed by atoms with E-state index in [1.807, 2.05) is 13.0 Å². The molecule has 2 heterocycles. The fourth-order valence-corrected chi connectivity index (χ4v) is 2.15. The van der Waals surface area contributed by atoms with Gasteiger partial charge in [0.25, 0.3) is 5.91 Å². The lowest BCUT2D eigenvalue weighted by atomic mass is 9.96. The van der Waals surface area contributed by atoms with Gasteiger partial charge >= 0.3 is 0 Å². The predicted octanol–water partition coefficient (Wildman–Crippen LogP) is 0.383. The molecule has 5 heteroatoms. The fraction of sp³-hybridized carbons (Fsp3) is 0.538. The Morgan fingerprint density at radius 2 is 2.39 bits per heavy atom. The number of hydrogen-bond donors (Lipinski definition) is 2. The molecule has 5 nitrogen and oxygen atoms in total. The van der Waals surface area contributed by atoms with Crippen LogP contribution in [-0.4, -0.2) is 40.1 Å². The molecule has 0 bridgehead atoms. The van der Waals surface area contributed by atoms with E-state index in [4.69, 9.17) is 5.73 Å². The number of rotatable bonds is 2. The number of aromatic nitrogens is 1. The van der Waals surface area contributed by atoms with Gasteiger partial charge in [-0.15, -0.1) is 0 Å². The van der Waals surface area contributed by atoms with Gasteiger partial charge in [-0.2, -0.15) is 0 Å². The third-order valence-corrected chi connectivity index (χ3v) is 3.43. The van der Waals surface area contributed by atoms with E-state index in [0.29, 0.717) is 31.7 Å². The number of aliphatic hydroxyl groups excluding tert-OH is 1. The lowest BCUT2D eigenvalue weighted by Gasteiger charge is -2.34. The summed E-state index contributed by atoms with van der Waals surface area (Å²) in [6.07, 6.45) is 1.96. The van der Waals surface area contributed by atoms with Gasteiger partial charge in [-0.1, -0.05) is 13.0 Å². The van der Waals surface area contributed by atoms with Crippen LogP contribution in [0.5, 0.6) is 0 Å². The highest BCUT2D eigenvalue weighted by molar-refractivity contribution is 5.92. The van der Waals surface area contributed by atoms with E-state index in [1.165, 1.54) is 0 Å². The van der Waals surface area contributed by atoms with Gasteiger partial charge in [-0.05, 0) is 24.0 Å². The van der Waals surface area contributed by atoms with Crippen LogP contribution in [0.4, 0.5) is 0 Å². The molecule has 98 valence electrons. The second-order valence-electron chi connectivity index (χ2n) is 4.84. The molecule has 1 aromatic heterocycles. The van der Waals surface area contributed by atoms with E-state index < -0.39 is 0 Å². The third-order valence-electron chi connectivity index (χ3n) is 3.43. The number of amides is 1. The molecule has 0 spiro atoms. The predicted molar refractivity (Wildman–Crippen MR) is 67.8 cm³/mol. The molecule has 1 amide bonds. The van der Waals surface area contributed by atoms with Crippen molar-refractivity contribution < 1.29 is 9.90 Å². The first kappa shape index (κ1) is 13.0. The van der Waals surface area contributed by atoms with Crippen LogP contribution in [0.25, 0.3) is 0 Å². The van der Waals surface area contributed by atoms with Gasteiger partial charge < -0.3 is 15.7 Å². The summed E-state index contributed by atoms with van der Waals surface area (Å²) in [5, 5.41) is 9.65. The van der Waals surface area contributed by atoms with E-state index in [-0.39, 0.29) is 17.9 Å². The second kappa shape index (κ2) is 5.46. The van der Waals surface area contributed by atoms with Crippen LogP contribution >= 0.6 is 0 Å². The Bertz CT molecular complexity index is 419. The minimum absolute atomic E-state index is 0.0719. The second-order valence-corrected chi connectivity index (χ2v) is 4.84. The SMILES string of the molecule is CC1CN(C(=O)c2ccc(CN)cn2)CCC1O. The van der Waals surface area contributed by atoms with Crippen LogP contribution in [-0.2, 0) is 6.54 Å². The number of carbonyl (C=O) groups excluding carboxylic acids is 1. The molecular formula is C13H19N3O2. The smallest absolute Gasteiger partial charge is 0.272 e. The number of hydrogen-bond acceptors (Lipinski definition) is 4. The molecule has 1 aromatic rings. The van der Waals surface area contributed by atoms with Gasteiger partial charge in [-0.25, -0.2) is 0 Å². The van der Waals surface area contributed by atoms with Gasteiger partial charge in [0.2, 0.25) is 0 Å². The third kappa shape index (κ3) is 2.68. The summed E-state index contributed by atoms with van der Waals surface area (Å²) in [6.45, 7) is 3.55. The first-order valence-electron chi connectivity index (χ1n) is 6.24. The lowest BCUT2D eigenvalue weighted by molar-refractivity contribution is 0.0294. The van der Waals surface area contributed by atoms with Gasteiger partial charge in [-0.3, -0.25) is 9.78 Å². The molecule has 0 aliphatic carbocycles. The molecule has 3 N–H and O–H groups in total. The summed E-state index contributed by atoms with van der Waals surface area (Å²) in [5.74, 6) is 0.0448. The van der Waals surface area contributed by atoms with Gasteiger partial charge in [0.15, 0.2) is 0 Å². The van der Waals surface area contributed by atoms with Crippen molar-refractivity contribution in [1.82, 2.24) is 9.88 Å². The first-order chi connectivity index (χ1) is 8.61. The molecule has 2 atom stereocenters. The summed E-state index contributed by atoms with van der Waals surface area (Å²) in [6, 6.07) is 3.53. The summed E-state index contributed by atoms with van der Waals surface area (Å²) < 4.78 is 0. The molecule has 18 heavy (non-hydrogen) atoms. The molecule has 0 radical (unpaired) electrons. The van der Waals surface area contributed by atoms with Gasteiger partial charge in [0.1, 0.15) is 5.69 Å². The molecule has 1 aliphatic rings. The van der Waals surface area contributed by atoms with Crippen LogP contribution in [0, 0.1) is 5.92 Å².